The molecule has 0 fully saturated rings. The van der Waals surface area contributed by atoms with Crippen molar-refractivity contribution in [2.75, 3.05) is 5.32 Å². The van der Waals surface area contributed by atoms with Crippen LogP contribution in [-0.4, -0.2) is 40.5 Å². The monoisotopic (exact) mass is 411 g/mol. The molecule has 9 heteroatoms. The van der Waals surface area contributed by atoms with E-state index in [0.717, 1.165) is 5.56 Å². The maximum Gasteiger partial charge on any atom is 0.307 e. The van der Waals surface area contributed by atoms with Crippen molar-refractivity contribution < 1.29 is 31.7 Å². The van der Waals surface area contributed by atoms with E-state index < -0.39 is 20.1 Å². The van der Waals surface area contributed by atoms with Crippen molar-refractivity contribution in [3.63, 3.8) is 0 Å². The van der Waals surface area contributed by atoms with Crippen LogP contribution >= 0.6 is 0 Å². The summed E-state index contributed by atoms with van der Waals surface area (Å²) in [6, 6.07) is 14.6. The molecule has 1 unspecified atom stereocenters. The fourth-order valence-corrected chi connectivity index (χ4v) is 3.06. The van der Waals surface area contributed by atoms with Crippen molar-refractivity contribution in [3.8, 4) is 0 Å². The zero-order valence-electron chi connectivity index (χ0n) is 13.3. The SMILES string of the molecule is CC(=O)Nc1ccc([As](=O)(O)OO)cc1.O=C(O)Cc1ccccc1. The summed E-state index contributed by atoms with van der Waals surface area (Å²) in [5, 5.41) is 19.1. The third-order valence-corrected chi connectivity index (χ3v) is 5.28. The molecular weight excluding hydrogens is 393 g/mol. The van der Waals surface area contributed by atoms with Gasteiger partial charge < -0.3 is 5.11 Å². The van der Waals surface area contributed by atoms with Crippen LogP contribution in [0.2, 0.25) is 0 Å². The van der Waals surface area contributed by atoms with E-state index in [1.54, 1.807) is 12.1 Å². The predicted octanol–water partition coefficient (Wildman–Crippen LogP) is 1.02. The number of hydrogen-bond donors (Lipinski definition) is 4. The van der Waals surface area contributed by atoms with Crippen LogP contribution in [0.25, 0.3) is 0 Å². The summed E-state index contributed by atoms with van der Waals surface area (Å²) in [5.41, 5.74) is 1.34. The number of carboxylic acid groups (broad SMARTS) is 1. The van der Waals surface area contributed by atoms with Crippen LogP contribution in [0.15, 0.2) is 54.6 Å². The average molecular weight is 411 g/mol. The summed E-state index contributed by atoms with van der Waals surface area (Å²) in [6.45, 7) is 1.35. The number of hydrogen-bond acceptors (Lipinski definition) is 5. The van der Waals surface area contributed by atoms with Crippen LogP contribution < -0.4 is 9.67 Å². The van der Waals surface area contributed by atoms with Gasteiger partial charge in [0.25, 0.3) is 0 Å². The zero-order chi connectivity index (χ0) is 18.9. The first-order chi connectivity index (χ1) is 11.7. The molecule has 1 amide bonds. The van der Waals surface area contributed by atoms with Crippen LogP contribution in [0, 0.1) is 0 Å². The maximum absolute atomic E-state index is 11.2. The molecule has 0 saturated carbocycles. The number of aliphatic carboxylic acids is 1. The Hall–Kier alpha value is -2.38. The molecule has 0 heterocycles. The number of amides is 1. The Bertz CT molecular complexity index is 747. The molecular formula is C16H18AsNO7. The first-order valence-corrected chi connectivity index (χ1v) is 10.4. The fourth-order valence-electron chi connectivity index (χ4n) is 1.75. The van der Waals surface area contributed by atoms with E-state index >= 15 is 0 Å². The number of nitrogens with one attached hydrogen (secondary N) is 1. The quantitative estimate of drug-likeness (QED) is 0.328. The van der Waals surface area contributed by atoms with Gasteiger partial charge in [0.1, 0.15) is 0 Å². The van der Waals surface area contributed by atoms with Gasteiger partial charge in [0.05, 0.1) is 6.42 Å². The number of anilines is 1. The standard InChI is InChI=1S/C8H10AsNO5.C8H8O2/c1-6(11)10-8-4-2-7(3-5-8)9(12,13)15-14;9-8(10)6-7-4-2-1-3-5-7/h2-5,14H,1H3,(H,10,11)(H,12,13);1-5H,6H2,(H,9,10). The molecule has 1 atom stereocenters. The van der Waals surface area contributed by atoms with Gasteiger partial charge in [-0.25, -0.2) is 0 Å². The van der Waals surface area contributed by atoms with Crippen molar-refractivity contribution in [1.82, 2.24) is 0 Å². The first-order valence-electron chi connectivity index (χ1n) is 7.04. The maximum atomic E-state index is 11.2. The first kappa shape index (κ1) is 20.7. The molecule has 0 bridgehead atoms. The zero-order valence-corrected chi connectivity index (χ0v) is 15.2. The van der Waals surface area contributed by atoms with E-state index in [0.29, 0.717) is 5.69 Å². The smallest absolute Gasteiger partial charge is 0.307 e. The van der Waals surface area contributed by atoms with Crippen molar-refractivity contribution >= 4 is 36.1 Å². The summed E-state index contributed by atoms with van der Waals surface area (Å²) >= 11 is -4.76. The van der Waals surface area contributed by atoms with Crippen molar-refractivity contribution in [1.29, 1.82) is 0 Å². The largest absolute Gasteiger partial charge is 0.481 e. The second kappa shape index (κ2) is 9.80. The van der Waals surface area contributed by atoms with Gasteiger partial charge in [0, 0.05) is 0 Å². The summed E-state index contributed by atoms with van der Waals surface area (Å²) in [5.74, 6) is -1.02. The third-order valence-electron chi connectivity index (χ3n) is 2.82. The topological polar surface area (TPSA) is 133 Å². The summed E-state index contributed by atoms with van der Waals surface area (Å²) in [4.78, 5) is 20.8. The number of rotatable bonds is 5. The van der Waals surface area contributed by atoms with E-state index in [2.05, 4.69) is 9.19 Å². The van der Waals surface area contributed by atoms with Gasteiger partial charge >= 0.3 is 94.4 Å². The van der Waals surface area contributed by atoms with E-state index in [9.17, 15) is 13.3 Å². The summed E-state index contributed by atoms with van der Waals surface area (Å²) < 4.78 is 23.8. The molecule has 0 aliphatic carbocycles. The van der Waals surface area contributed by atoms with Gasteiger partial charge in [-0.05, 0) is 5.56 Å². The van der Waals surface area contributed by atoms with E-state index in [4.69, 9.17) is 14.5 Å². The Kier molecular flexibility index (Phi) is 8.10. The van der Waals surface area contributed by atoms with Crippen LogP contribution in [0.4, 0.5) is 5.69 Å². The van der Waals surface area contributed by atoms with Gasteiger partial charge in [-0.3, -0.25) is 4.79 Å². The number of carboxylic acids is 1. The number of carbonyl (C=O) groups excluding carboxylic acids is 1. The number of benzene rings is 2. The molecule has 2 rings (SSSR count). The normalized spacial score (nSPS) is 12.3. The van der Waals surface area contributed by atoms with Gasteiger partial charge in [0.15, 0.2) is 0 Å². The minimum atomic E-state index is -4.76. The van der Waals surface area contributed by atoms with E-state index in [1.807, 2.05) is 18.2 Å². The second-order valence-electron chi connectivity index (χ2n) is 4.89. The Morgan fingerprint density at radius 2 is 1.64 bits per heavy atom. The van der Waals surface area contributed by atoms with Gasteiger partial charge in [-0.15, -0.1) is 0 Å². The van der Waals surface area contributed by atoms with Gasteiger partial charge in [0.2, 0.25) is 0 Å². The Morgan fingerprint density at radius 3 is 2.08 bits per heavy atom. The molecule has 0 aliphatic rings. The molecule has 8 nitrogen and oxygen atoms in total. The Labute approximate surface area is 147 Å². The van der Waals surface area contributed by atoms with Crippen molar-refractivity contribution in [2.24, 2.45) is 0 Å². The molecule has 2 aromatic rings. The Balaban J connectivity index is 0.000000271. The molecule has 134 valence electrons. The third kappa shape index (κ3) is 7.82. The van der Waals surface area contributed by atoms with Crippen LogP contribution in [0.3, 0.4) is 0 Å². The molecule has 0 radical (unpaired) electrons. The van der Waals surface area contributed by atoms with Crippen molar-refractivity contribution in [2.45, 2.75) is 13.3 Å². The van der Waals surface area contributed by atoms with Crippen LogP contribution in [-0.2, 0) is 23.6 Å². The summed E-state index contributed by atoms with van der Waals surface area (Å²) in [6.07, 6.45) is 0.112. The van der Waals surface area contributed by atoms with E-state index in [1.165, 1.54) is 31.2 Å². The second-order valence-corrected chi connectivity index (χ2v) is 8.50. The minimum absolute atomic E-state index is 0.00438. The molecule has 2 aromatic carbocycles. The molecule has 0 spiro atoms. The van der Waals surface area contributed by atoms with Crippen LogP contribution in [0.5, 0.6) is 0 Å². The Morgan fingerprint density at radius 1 is 1.08 bits per heavy atom. The minimum Gasteiger partial charge on any atom is -0.481 e. The molecule has 25 heavy (non-hydrogen) atoms. The molecule has 0 aromatic heterocycles. The average Bonchev–Trinajstić information content (AvgIpc) is 2.56. The summed E-state index contributed by atoms with van der Waals surface area (Å²) in [7, 11) is 0. The molecule has 0 saturated heterocycles. The van der Waals surface area contributed by atoms with Gasteiger partial charge in [-0.2, -0.15) is 0 Å². The molecule has 4 N–H and O–H groups in total. The van der Waals surface area contributed by atoms with Gasteiger partial charge in [-0.1, -0.05) is 30.3 Å². The van der Waals surface area contributed by atoms with Crippen molar-refractivity contribution in [3.05, 3.63) is 60.2 Å². The number of carbonyl (C=O) groups is 2. The predicted molar refractivity (Wildman–Crippen MR) is 90.5 cm³/mol. The fraction of sp³-hybridized carbons (Fsp3) is 0.125. The van der Waals surface area contributed by atoms with Crippen LogP contribution in [0.1, 0.15) is 12.5 Å². The van der Waals surface area contributed by atoms with E-state index in [-0.39, 0.29) is 16.7 Å². The molecule has 0 aliphatic heterocycles.